The van der Waals surface area contributed by atoms with Crippen LogP contribution in [0.5, 0.6) is 0 Å². The fourth-order valence-electron chi connectivity index (χ4n) is 3.22. The molecule has 0 bridgehead atoms. The molecule has 2 heterocycles. The van der Waals surface area contributed by atoms with Crippen molar-refractivity contribution < 1.29 is 28.4 Å². The lowest BCUT2D eigenvalue weighted by molar-refractivity contribution is -0.354. The van der Waals surface area contributed by atoms with Crippen LogP contribution in [0.2, 0.25) is 0 Å². The highest BCUT2D eigenvalue weighted by Gasteiger charge is 2.53. The minimum Gasteiger partial charge on any atom is -0.461 e. The molecule has 166 valence electrons. The van der Waals surface area contributed by atoms with Crippen LogP contribution in [-0.2, 0) is 28.4 Å². The molecule has 0 spiro atoms. The van der Waals surface area contributed by atoms with Crippen LogP contribution in [0.15, 0.2) is 30.3 Å². The van der Waals surface area contributed by atoms with Crippen molar-refractivity contribution in [3.8, 4) is 0 Å². The highest BCUT2D eigenvalue weighted by molar-refractivity contribution is 7.80. The largest absolute Gasteiger partial charge is 0.461 e. The van der Waals surface area contributed by atoms with E-state index in [1.54, 1.807) is 31.0 Å². The van der Waals surface area contributed by atoms with E-state index in [1.807, 2.05) is 44.4 Å². The van der Waals surface area contributed by atoms with E-state index < -0.39 is 37.0 Å². The maximum absolute atomic E-state index is 6.29. The highest BCUT2D eigenvalue weighted by Crippen LogP contribution is 2.36. The zero-order valence-corrected chi connectivity index (χ0v) is 19.4. The third-order valence-corrected chi connectivity index (χ3v) is 5.71. The van der Waals surface area contributed by atoms with E-state index >= 15 is 0 Å². The molecule has 1 aromatic carbocycles. The number of thiocarbonyl (C=S) groups is 2. The average Bonchev–Trinajstić information content (AvgIpc) is 2.74. The van der Waals surface area contributed by atoms with Crippen LogP contribution < -0.4 is 0 Å². The number of benzene rings is 1. The summed E-state index contributed by atoms with van der Waals surface area (Å²) in [6.45, 7) is 0.309. The van der Waals surface area contributed by atoms with Gasteiger partial charge in [0.15, 0.2) is 24.8 Å². The van der Waals surface area contributed by atoms with Crippen molar-refractivity contribution in [3.05, 3.63) is 35.9 Å². The van der Waals surface area contributed by atoms with Crippen LogP contribution in [0, 0.1) is 0 Å². The third-order valence-electron chi connectivity index (χ3n) is 4.79. The molecular formula is C20H28N2O6S2. The van der Waals surface area contributed by atoms with Crippen molar-refractivity contribution in [3.63, 3.8) is 0 Å². The van der Waals surface area contributed by atoms with E-state index in [4.69, 9.17) is 52.9 Å². The molecular weight excluding hydrogens is 428 g/mol. The van der Waals surface area contributed by atoms with Gasteiger partial charge in [-0.05, 0) is 24.4 Å². The number of hydrogen-bond donors (Lipinski definition) is 0. The maximum atomic E-state index is 6.29. The van der Waals surface area contributed by atoms with E-state index in [1.165, 1.54) is 0 Å². The van der Waals surface area contributed by atoms with E-state index in [0.29, 0.717) is 11.8 Å². The Labute approximate surface area is 187 Å². The smallest absolute Gasteiger partial charge is 0.259 e. The fourth-order valence-corrected chi connectivity index (χ4v) is 3.44. The van der Waals surface area contributed by atoms with Gasteiger partial charge >= 0.3 is 0 Å². The lowest BCUT2D eigenvalue weighted by Gasteiger charge is -2.48. The first-order valence-electron chi connectivity index (χ1n) is 9.58. The standard InChI is InChI=1S/C20H28N2O6S2/c1-21(2)19(29)27-15-14-13(11-24-17(26-14)12-9-7-6-8-10-12)25-18(23-5)16(15)28-20(30)22(3)4/h6-10,13-18H,11H2,1-5H3. The van der Waals surface area contributed by atoms with Gasteiger partial charge in [0.25, 0.3) is 10.3 Å². The van der Waals surface area contributed by atoms with Crippen molar-refractivity contribution in [2.24, 2.45) is 0 Å². The van der Waals surface area contributed by atoms with Gasteiger partial charge in [0, 0.05) is 40.9 Å². The van der Waals surface area contributed by atoms with Crippen LogP contribution >= 0.6 is 24.4 Å². The van der Waals surface area contributed by atoms with Gasteiger partial charge in [0.2, 0.25) is 0 Å². The summed E-state index contributed by atoms with van der Waals surface area (Å²) in [5, 5.41) is 0.575. The van der Waals surface area contributed by atoms with Gasteiger partial charge < -0.3 is 38.2 Å². The Balaban J connectivity index is 1.89. The monoisotopic (exact) mass is 456 g/mol. The second-order valence-corrected chi connectivity index (χ2v) is 8.14. The molecule has 2 saturated heterocycles. The molecule has 2 aliphatic heterocycles. The topological polar surface area (TPSA) is 61.9 Å². The maximum Gasteiger partial charge on any atom is 0.259 e. The number of methoxy groups -OCH3 is 1. The van der Waals surface area contributed by atoms with Crippen molar-refractivity contribution >= 4 is 34.8 Å². The van der Waals surface area contributed by atoms with Crippen molar-refractivity contribution in [1.29, 1.82) is 0 Å². The Hall–Kier alpha value is -1.56. The SMILES string of the molecule is COC1OC2COC(c3ccccc3)OC2C(OC(=S)N(C)C)C1OC(=S)N(C)C. The molecule has 2 aliphatic rings. The summed E-state index contributed by atoms with van der Waals surface area (Å²) in [5.41, 5.74) is 0.903. The van der Waals surface area contributed by atoms with Crippen LogP contribution in [0.3, 0.4) is 0 Å². The fraction of sp³-hybridized carbons (Fsp3) is 0.600. The summed E-state index contributed by atoms with van der Waals surface area (Å²) in [7, 11) is 8.76. The van der Waals surface area contributed by atoms with Gasteiger partial charge in [-0.1, -0.05) is 30.3 Å². The van der Waals surface area contributed by atoms with Crippen molar-refractivity contribution in [2.45, 2.75) is 37.0 Å². The van der Waals surface area contributed by atoms with E-state index in [-0.39, 0.29) is 5.17 Å². The van der Waals surface area contributed by atoms with Crippen molar-refractivity contribution in [1.82, 2.24) is 9.80 Å². The van der Waals surface area contributed by atoms with Gasteiger partial charge in [-0.25, -0.2) is 0 Å². The molecule has 0 saturated carbocycles. The summed E-state index contributed by atoms with van der Waals surface area (Å²) >= 11 is 10.8. The van der Waals surface area contributed by atoms with Gasteiger partial charge in [0.05, 0.1) is 6.61 Å². The first-order chi connectivity index (χ1) is 14.3. The first-order valence-corrected chi connectivity index (χ1v) is 10.4. The minimum atomic E-state index is -0.736. The van der Waals surface area contributed by atoms with Gasteiger partial charge in [0.1, 0.15) is 12.2 Å². The number of rotatable bonds is 4. The van der Waals surface area contributed by atoms with Crippen LogP contribution in [0.25, 0.3) is 0 Å². The molecule has 6 atom stereocenters. The van der Waals surface area contributed by atoms with E-state index in [0.717, 1.165) is 5.56 Å². The normalized spacial score (nSPS) is 30.7. The zero-order valence-electron chi connectivity index (χ0n) is 17.7. The third kappa shape index (κ3) is 5.19. The first kappa shape index (κ1) is 23.1. The molecule has 1 aromatic rings. The minimum absolute atomic E-state index is 0.278. The zero-order chi connectivity index (χ0) is 21.8. The average molecular weight is 457 g/mol. The molecule has 0 aliphatic carbocycles. The Bertz CT molecular complexity index is 735. The molecule has 30 heavy (non-hydrogen) atoms. The Morgan fingerprint density at radius 1 is 0.933 bits per heavy atom. The second-order valence-electron chi connectivity index (χ2n) is 7.44. The molecule has 0 amide bonds. The molecule has 2 fully saturated rings. The molecule has 8 nitrogen and oxygen atoms in total. The predicted molar refractivity (Wildman–Crippen MR) is 118 cm³/mol. The summed E-state index contributed by atoms with van der Waals surface area (Å²) in [6, 6.07) is 9.70. The molecule has 10 heteroatoms. The molecule has 0 aromatic heterocycles. The van der Waals surface area contributed by atoms with Crippen LogP contribution in [-0.4, -0.2) is 92.8 Å². The van der Waals surface area contributed by atoms with Crippen LogP contribution in [0.1, 0.15) is 11.9 Å². The van der Waals surface area contributed by atoms with E-state index in [2.05, 4.69) is 0 Å². The van der Waals surface area contributed by atoms with Gasteiger partial charge in [-0.3, -0.25) is 0 Å². The Morgan fingerprint density at radius 2 is 1.53 bits per heavy atom. The highest BCUT2D eigenvalue weighted by atomic mass is 32.1. The van der Waals surface area contributed by atoms with E-state index in [9.17, 15) is 0 Å². The predicted octanol–water partition coefficient (Wildman–Crippen LogP) is 1.94. The summed E-state index contributed by atoms with van der Waals surface area (Å²) in [5.74, 6) is 0. The molecule has 6 unspecified atom stereocenters. The van der Waals surface area contributed by atoms with Crippen LogP contribution in [0.4, 0.5) is 0 Å². The summed E-state index contributed by atoms with van der Waals surface area (Å²) in [6.07, 6.45) is -3.55. The summed E-state index contributed by atoms with van der Waals surface area (Å²) < 4.78 is 36.0. The lowest BCUT2D eigenvalue weighted by Crippen LogP contribution is -2.64. The second kappa shape index (κ2) is 10.2. The number of nitrogens with zero attached hydrogens (tertiary/aromatic N) is 2. The van der Waals surface area contributed by atoms with Crippen molar-refractivity contribution in [2.75, 3.05) is 41.9 Å². The number of fused-ring (bicyclic) bond motifs is 1. The van der Waals surface area contributed by atoms with Gasteiger partial charge in [-0.2, -0.15) is 0 Å². The molecule has 0 radical (unpaired) electrons. The van der Waals surface area contributed by atoms with Gasteiger partial charge in [-0.15, -0.1) is 0 Å². The Morgan fingerprint density at radius 3 is 2.10 bits per heavy atom. The molecule has 0 N–H and O–H groups in total. The quantitative estimate of drug-likeness (QED) is 0.628. The lowest BCUT2D eigenvalue weighted by atomic mass is 9.97. The number of ether oxygens (including phenoxy) is 6. The Kier molecular flexibility index (Phi) is 7.83. The number of hydrogen-bond acceptors (Lipinski definition) is 8. The molecule has 3 rings (SSSR count). The summed E-state index contributed by atoms with van der Waals surface area (Å²) in [4.78, 5) is 3.39.